The molecule has 4 aliphatic rings. The first kappa shape index (κ1) is 21.2. The van der Waals surface area contributed by atoms with Gasteiger partial charge in [0.05, 0.1) is 0 Å². The molecule has 29 heavy (non-hydrogen) atoms. The molecule has 164 valence electrons. The normalized spacial score (nSPS) is 47.3. The average molecular weight is 405 g/mol. The zero-order valence-corrected chi connectivity index (χ0v) is 19.0. The Hall–Kier alpha value is -1.06. The molecule has 4 fully saturated rings. The van der Waals surface area contributed by atoms with Gasteiger partial charge in [-0.1, -0.05) is 13.8 Å². The maximum absolute atomic E-state index is 11.5. The number of hydrogen-bond donors (Lipinski definition) is 0. The van der Waals surface area contributed by atoms with Crippen LogP contribution in [0, 0.1) is 40.4 Å². The zero-order valence-electron chi connectivity index (χ0n) is 19.0. The third-order valence-electron chi connectivity index (χ3n) is 9.94. The van der Waals surface area contributed by atoms with Gasteiger partial charge in [0, 0.05) is 19.8 Å². The SMILES string of the molecule is CC(=O)O[C@@H]1CC[C@@]2(C)[C@H](CC[C@@H]3[C@@H]2CC[C@]2(C)[C@@H]([C@@H](C)OC(C)=O)CC[C@@H]32)C1. The van der Waals surface area contributed by atoms with Crippen LogP contribution < -0.4 is 0 Å². The van der Waals surface area contributed by atoms with E-state index in [1.54, 1.807) is 6.92 Å². The second kappa shape index (κ2) is 7.57. The Morgan fingerprint density at radius 1 is 0.862 bits per heavy atom. The van der Waals surface area contributed by atoms with E-state index in [1.807, 2.05) is 0 Å². The van der Waals surface area contributed by atoms with Crippen molar-refractivity contribution in [2.75, 3.05) is 0 Å². The maximum atomic E-state index is 11.5. The lowest BCUT2D eigenvalue weighted by Gasteiger charge is -2.61. The first-order valence-corrected chi connectivity index (χ1v) is 12.0. The minimum Gasteiger partial charge on any atom is -0.463 e. The van der Waals surface area contributed by atoms with Crippen LogP contribution in [0.4, 0.5) is 0 Å². The average Bonchev–Trinajstić information content (AvgIpc) is 2.98. The molecule has 4 heteroatoms. The first-order valence-electron chi connectivity index (χ1n) is 12.0. The van der Waals surface area contributed by atoms with Crippen molar-refractivity contribution in [2.24, 2.45) is 40.4 Å². The highest BCUT2D eigenvalue weighted by Crippen LogP contribution is 2.68. The second-order valence-electron chi connectivity index (χ2n) is 11.2. The molecule has 0 amide bonds. The first-order chi connectivity index (χ1) is 13.6. The van der Waals surface area contributed by atoms with Crippen molar-refractivity contribution in [1.82, 2.24) is 0 Å². The Morgan fingerprint density at radius 3 is 2.24 bits per heavy atom. The van der Waals surface area contributed by atoms with Gasteiger partial charge in [-0.15, -0.1) is 0 Å². The highest BCUT2D eigenvalue weighted by Gasteiger charge is 2.61. The third-order valence-corrected chi connectivity index (χ3v) is 9.94. The van der Waals surface area contributed by atoms with Crippen molar-refractivity contribution in [1.29, 1.82) is 0 Å². The number of rotatable bonds is 3. The van der Waals surface area contributed by atoms with Crippen molar-refractivity contribution < 1.29 is 19.1 Å². The summed E-state index contributed by atoms with van der Waals surface area (Å²) in [6.07, 6.45) is 11.2. The molecule has 0 bridgehead atoms. The van der Waals surface area contributed by atoms with Crippen LogP contribution >= 0.6 is 0 Å². The lowest BCUT2D eigenvalue weighted by Crippen LogP contribution is -2.54. The van der Waals surface area contributed by atoms with Gasteiger partial charge in [-0.25, -0.2) is 0 Å². The van der Waals surface area contributed by atoms with E-state index in [4.69, 9.17) is 9.47 Å². The number of ether oxygens (including phenoxy) is 2. The minimum atomic E-state index is -0.143. The third kappa shape index (κ3) is 3.53. The van der Waals surface area contributed by atoms with E-state index in [1.165, 1.54) is 51.9 Å². The number of esters is 2. The molecule has 9 atom stereocenters. The standard InChI is InChI=1S/C25H40O4/c1-15(28-16(2)26)21-8-9-22-20-7-6-18-14-19(29-17(3)27)10-12-24(18,4)23(20)11-13-25(21,22)5/h15,18-23H,6-14H2,1-5H3/t15-,18-,19-,20+,21-,22+,23+,24+,25-/m1/s1. The Bertz CT molecular complexity index is 659. The van der Waals surface area contributed by atoms with Crippen LogP contribution in [-0.2, 0) is 19.1 Å². The highest BCUT2D eigenvalue weighted by atomic mass is 16.5. The van der Waals surface area contributed by atoms with E-state index in [2.05, 4.69) is 20.8 Å². The van der Waals surface area contributed by atoms with Crippen molar-refractivity contribution in [3.63, 3.8) is 0 Å². The zero-order chi connectivity index (χ0) is 21.0. The van der Waals surface area contributed by atoms with E-state index in [0.717, 1.165) is 30.6 Å². The Morgan fingerprint density at radius 2 is 1.55 bits per heavy atom. The molecule has 0 heterocycles. The monoisotopic (exact) mass is 404 g/mol. The topological polar surface area (TPSA) is 52.6 Å². The molecule has 0 aromatic carbocycles. The Balaban J connectivity index is 1.50. The molecule has 0 spiro atoms. The predicted octanol–water partition coefficient (Wildman–Crippen LogP) is 5.53. The summed E-state index contributed by atoms with van der Waals surface area (Å²) in [4.78, 5) is 23.0. The maximum Gasteiger partial charge on any atom is 0.302 e. The summed E-state index contributed by atoms with van der Waals surface area (Å²) < 4.78 is 11.3. The van der Waals surface area contributed by atoms with Crippen LogP contribution in [0.1, 0.15) is 92.4 Å². The van der Waals surface area contributed by atoms with Gasteiger partial charge in [-0.05, 0) is 99.2 Å². The summed E-state index contributed by atoms with van der Waals surface area (Å²) >= 11 is 0. The quantitative estimate of drug-likeness (QED) is 0.581. The molecule has 0 N–H and O–H groups in total. The number of carbonyl (C=O) groups is 2. The smallest absolute Gasteiger partial charge is 0.302 e. The predicted molar refractivity (Wildman–Crippen MR) is 112 cm³/mol. The van der Waals surface area contributed by atoms with Gasteiger partial charge in [-0.2, -0.15) is 0 Å². The summed E-state index contributed by atoms with van der Waals surface area (Å²) in [5.41, 5.74) is 0.717. The fourth-order valence-electron chi connectivity index (χ4n) is 8.72. The van der Waals surface area contributed by atoms with Crippen molar-refractivity contribution in [3.8, 4) is 0 Å². The van der Waals surface area contributed by atoms with Gasteiger partial charge >= 0.3 is 11.9 Å². The van der Waals surface area contributed by atoms with Gasteiger partial charge in [0.15, 0.2) is 0 Å². The summed E-state index contributed by atoms with van der Waals surface area (Å²) in [5.74, 6) is 3.32. The lowest BCUT2D eigenvalue weighted by atomic mass is 9.44. The molecule has 0 aliphatic heterocycles. The van der Waals surface area contributed by atoms with Gasteiger partial charge in [0.2, 0.25) is 0 Å². The molecular weight excluding hydrogens is 364 g/mol. The van der Waals surface area contributed by atoms with Crippen molar-refractivity contribution >= 4 is 11.9 Å². The molecule has 4 saturated carbocycles. The number of carbonyl (C=O) groups excluding carboxylic acids is 2. The van der Waals surface area contributed by atoms with Gasteiger partial charge in [0.25, 0.3) is 0 Å². The van der Waals surface area contributed by atoms with Crippen LogP contribution in [0.5, 0.6) is 0 Å². The molecule has 0 saturated heterocycles. The van der Waals surface area contributed by atoms with Crippen molar-refractivity contribution in [2.45, 2.75) is 105 Å². The summed E-state index contributed by atoms with van der Waals surface area (Å²) in [6.45, 7) is 10.2. The summed E-state index contributed by atoms with van der Waals surface area (Å²) in [6, 6.07) is 0. The van der Waals surface area contributed by atoms with Crippen LogP contribution in [0.25, 0.3) is 0 Å². The number of hydrogen-bond acceptors (Lipinski definition) is 4. The minimum absolute atomic E-state index is 0.0325. The van der Waals surface area contributed by atoms with Crippen LogP contribution in [0.2, 0.25) is 0 Å². The largest absolute Gasteiger partial charge is 0.463 e. The highest BCUT2D eigenvalue weighted by molar-refractivity contribution is 5.66. The summed E-state index contributed by atoms with van der Waals surface area (Å²) in [7, 11) is 0. The fourth-order valence-corrected chi connectivity index (χ4v) is 8.72. The molecule has 0 aromatic rings. The van der Waals surface area contributed by atoms with Crippen LogP contribution in [0.3, 0.4) is 0 Å². The van der Waals surface area contributed by atoms with E-state index in [-0.39, 0.29) is 24.1 Å². The molecule has 4 aliphatic carbocycles. The fraction of sp³-hybridized carbons (Fsp3) is 0.920. The van der Waals surface area contributed by atoms with Crippen LogP contribution in [0.15, 0.2) is 0 Å². The van der Waals surface area contributed by atoms with Gasteiger partial charge < -0.3 is 9.47 Å². The lowest BCUT2D eigenvalue weighted by molar-refractivity contribution is -0.164. The molecule has 0 unspecified atom stereocenters. The van der Waals surface area contributed by atoms with Crippen LogP contribution in [-0.4, -0.2) is 24.1 Å². The molecule has 4 rings (SSSR count). The second-order valence-corrected chi connectivity index (χ2v) is 11.2. The van der Waals surface area contributed by atoms with Crippen molar-refractivity contribution in [3.05, 3.63) is 0 Å². The molecule has 0 aromatic heterocycles. The summed E-state index contributed by atoms with van der Waals surface area (Å²) in [5, 5.41) is 0. The van der Waals surface area contributed by atoms with E-state index in [0.29, 0.717) is 22.7 Å². The van der Waals surface area contributed by atoms with Gasteiger partial charge in [0.1, 0.15) is 12.2 Å². The molecule has 0 radical (unpaired) electrons. The molecular formula is C25H40O4. The molecule has 4 nitrogen and oxygen atoms in total. The van der Waals surface area contributed by atoms with Gasteiger partial charge in [-0.3, -0.25) is 9.59 Å². The van der Waals surface area contributed by atoms with E-state index in [9.17, 15) is 9.59 Å². The Kier molecular flexibility index (Phi) is 5.53. The Labute approximate surface area is 176 Å². The number of fused-ring (bicyclic) bond motifs is 5. The van der Waals surface area contributed by atoms with E-state index < -0.39 is 0 Å². The van der Waals surface area contributed by atoms with E-state index >= 15 is 0 Å².